The van der Waals surface area contributed by atoms with Gasteiger partial charge in [0, 0.05) is 55.6 Å². The van der Waals surface area contributed by atoms with Gasteiger partial charge in [-0.05, 0) is 79.1 Å². The number of thioether (sulfide) groups is 1. The zero-order valence-corrected chi connectivity index (χ0v) is 29.7. The number of Topliss-reactive ketones (excluding diaryl/α,β-unsaturated/α-hetero) is 1. The summed E-state index contributed by atoms with van der Waals surface area (Å²) < 4.78 is 16.3. The lowest BCUT2D eigenvalue weighted by Gasteiger charge is -2.29. The van der Waals surface area contributed by atoms with E-state index in [-0.39, 0.29) is 23.1 Å². The second kappa shape index (κ2) is 14.7. The number of anilines is 1. The molecule has 0 radical (unpaired) electrons. The highest BCUT2D eigenvalue weighted by Gasteiger charge is 2.42. The molecule has 0 bridgehead atoms. The average molecular weight is 703 g/mol. The van der Waals surface area contributed by atoms with Crippen molar-refractivity contribution in [3.8, 4) is 11.1 Å². The molecule has 4 aromatic rings. The van der Waals surface area contributed by atoms with Crippen molar-refractivity contribution in [1.29, 1.82) is 0 Å². The predicted molar refractivity (Wildman–Crippen MR) is 198 cm³/mol. The molecule has 3 fully saturated rings. The topological polar surface area (TPSA) is 91.3 Å². The molecule has 8 nitrogen and oxygen atoms in total. The van der Waals surface area contributed by atoms with Gasteiger partial charge in [0.1, 0.15) is 11.6 Å². The first kappa shape index (κ1) is 33.9. The molecule has 1 aromatic heterocycles. The second-order valence-corrected chi connectivity index (χ2v) is 15.3. The third-order valence-corrected chi connectivity index (χ3v) is 12.1. The number of imidazole rings is 1. The van der Waals surface area contributed by atoms with Crippen molar-refractivity contribution in [3.63, 3.8) is 0 Å². The molecular weight excluding hydrogens is 659 g/mol. The van der Waals surface area contributed by atoms with Gasteiger partial charge in [0.25, 0.3) is 0 Å². The van der Waals surface area contributed by atoms with Crippen LogP contribution in [0.2, 0.25) is 5.02 Å². The maximum atomic E-state index is 14.0. The summed E-state index contributed by atoms with van der Waals surface area (Å²) >= 11 is 8.11. The summed E-state index contributed by atoms with van der Waals surface area (Å²) in [7, 11) is 0. The molecule has 2 amide bonds. The Labute approximate surface area is 296 Å². The molecule has 3 N–H and O–H groups in total. The van der Waals surface area contributed by atoms with Gasteiger partial charge in [-0.25, -0.2) is 14.2 Å². The van der Waals surface area contributed by atoms with Gasteiger partial charge in [0.05, 0.1) is 34.7 Å². The van der Waals surface area contributed by atoms with Crippen LogP contribution in [0.3, 0.4) is 0 Å². The smallest absolute Gasteiger partial charge is 0.315 e. The zero-order chi connectivity index (χ0) is 34.1. The minimum absolute atomic E-state index is 0.0499. The average Bonchev–Trinajstić information content (AvgIpc) is 3.77. The van der Waals surface area contributed by atoms with Crippen LogP contribution in [0.25, 0.3) is 22.2 Å². The van der Waals surface area contributed by atoms with Crippen LogP contribution in [0.15, 0.2) is 48.5 Å². The number of nitrogens with zero attached hydrogens (tertiary/aromatic N) is 3. The first-order valence-electron chi connectivity index (χ1n) is 17.4. The number of carbonyl (C=O) groups excluding carboxylic acids is 2. The molecule has 3 aliphatic rings. The van der Waals surface area contributed by atoms with Crippen LogP contribution in [-0.4, -0.2) is 70.6 Å². The van der Waals surface area contributed by atoms with Crippen molar-refractivity contribution >= 4 is 52.2 Å². The second-order valence-electron chi connectivity index (χ2n) is 13.6. The number of fused-ring (bicyclic) bond motifs is 2. The van der Waals surface area contributed by atoms with E-state index in [2.05, 4.69) is 69.6 Å². The lowest BCUT2D eigenvalue weighted by molar-refractivity contribution is -0.119. The van der Waals surface area contributed by atoms with Crippen LogP contribution in [0.4, 0.5) is 15.1 Å². The predicted octanol–water partition coefficient (Wildman–Crippen LogP) is 6.80. The van der Waals surface area contributed by atoms with Crippen molar-refractivity contribution < 1.29 is 14.0 Å². The molecular formula is C38H44ClFN6O2S. The first-order valence-corrected chi connectivity index (χ1v) is 18.9. The molecule has 7 rings (SSSR count). The van der Waals surface area contributed by atoms with Crippen LogP contribution >= 0.6 is 23.4 Å². The molecule has 258 valence electrons. The molecule has 3 aliphatic heterocycles. The number of piperazine rings is 1. The summed E-state index contributed by atoms with van der Waals surface area (Å²) in [5.41, 5.74) is 8.64. The zero-order valence-electron chi connectivity index (χ0n) is 28.2. The number of amides is 2. The number of hydrogen-bond donors (Lipinski definition) is 3. The summed E-state index contributed by atoms with van der Waals surface area (Å²) in [5, 5.41) is 10.0. The first-order chi connectivity index (χ1) is 23.7. The summed E-state index contributed by atoms with van der Waals surface area (Å²) in [5.74, 6) is 1.76. The van der Waals surface area contributed by atoms with Crippen molar-refractivity contribution in [2.75, 3.05) is 36.8 Å². The number of benzene rings is 3. The largest absolute Gasteiger partial charge is 0.340 e. The van der Waals surface area contributed by atoms with Crippen LogP contribution in [0.5, 0.6) is 0 Å². The standard InChI is InChI=1S/C38H44ClFN6O2S/c1-23-19-32-36(44-38(45-17-15-41-16-18-45)46(32)21-26-10-14-30(40)29(39)20-26)34(24(23)2)27-11-7-25(8-12-27)9-13-28(47)5-3-4-6-33-35-31(22-49-33)42-37(48)43-35/h7-8,10-12,14,19-20,31,33,35,41H,3-6,9,13,15-18,21-22H2,1-2H3,(H2,42,43,48)/t31-,33-,35-/m0/s1. The third kappa shape index (κ3) is 7.32. The Bertz CT molecular complexity index is 1860. The van der Waals surface area contributed by atoms with Gasteiger partial charge in [0.2, 0.25) is 5.95 Å². The monoisotopic (exact) mass is 702 g/mol. The van der Waals surface area contributed by atoms with E-state index in [0.29, 0.717) is 30.4 Å². The quantitative estimate of drug-likeness (QED) is 0.111. The maximum absolute atomic E-state index is 14.0. The van der Waals surface area contributed by atoms with Gasteiger partial charge in [-0.2, -0.15) is 11.8 Å². The van der Waals surface area contributed by atoms with Gasteiger partial charge in [-0.15, -0.1) is 0 Å². The molecule has 3 saturated heterocycles. The molecule has 3 atom stereocenters. The lowest BCUT2D eigenvalue weighted by Crippen LogP contribution is -2.44. The molecule has 3 aromatic carbocycles. The maximum Gasteiger partial charge on any atom is 0.315 e. The van der Waals surface area contributed by atoms with E-state index >= 15 is 0 Å². The number of urea groups is 1. The van der Waals surface area contributed by atoms with Crippen molar-refractivity contribution in [3.05, 3.63) is 81.6 Å². The molecule has 0 spiro atoms. The highest BCUT2D eigenvalue weighted by Crippen LogP contribution is 2.37. The number of hydrogen-bond acceptors (Lipinski definition) is 6. The minimum Gasteiger partial charge on any atom is -0.340 e. The van der Waals surface area contributed by atoms with E-state index in [9.17, 15) is 14.0 Å². The number of carbonyl (C=O) groups is 2. The fourth-order valence-corrected chi connectivity index (χ4v) is 9.21. The summed E-state index contributed by atoms with van der Waals surface area (Å²) in [6, 6.07) is 16.2. The van der Waals surface area contributed by atoms with E-state index < -0.39 is 5.82 Å². The highest BCUT2D eigenvalue weighted by atomic mass is 35.5. The molecule has 11 heteroatoms. The molecule has 0 aliphatic carbocycles. The Hall–Kier alpha value is -3.60. The van der Waals surface area contributed by atoms with E-state index in [1.165, 1.54) is 17.2 Å². The Kier molecular flexibility index (Phi) is 10.2. The van der Waals surface area contributed by atoms with E-state index in [1.807, 2.05) is 11.8 Å². The number of aromatic nitrogens is 2. The Morgan fingerprint density at radius 3 is 2.57 bits per heavy atom. The van der Waals surface area contributed by atoms with Crippen molar-refractivity contribution in [1.82, 2.24) is 25.5 Å². The van der Waals surface area contributed by atoms with Crippen molar-refractivity contribution in [2.45, 2.75) is 76.3 Å². The van der Waals surface area contributed by atoms with E-state index in [4.69, 9.17) is 16.6 Å². The fourth-order valence-electron chi connectivity index (χ4n) is 7.47. The Morgan fingerprint density at radius 1 is 1.02 bits per heavy atom. The van der Waals surface area contributed by atoms with E-state index in [0.717, 1.165) is 96.9 Å². The van der Waals surface area contributed by atoms with Crippen LogP contribution in [0.1, 0.15) is 54.4 Å². The van der Waals surface area contributed by atoms with Gasteiger partial charge in [-0.3, -0.25) is 4.79 Å². The molecule has 0 unspecified atom stereocenters. The molecule has 49 heavy (non-hydrogen) atoms. The van der Waals surface area contributed by atoms with Gasteiger partial charge >= 0.3 is 6.03 Å². The van der Waals surface area contributed by atoms with Crippen LogP contribution in [0, 0.1) is 19.7 Å². The Balaban J connectivity index is 1.04. The fraction of sp³-hybridized carbons (Fsp3) is 0.447. The van der Waals surface area contributed by atoms with E-state index in [1.54, 1.807) is 12.1 Å². The molecule has 4 heterocycles. The summed E-state index contributed by atoms with van der Waals surface area (Å²) in [6.45, 7) is 8.31. The normalized spacial score (nSPS) is 20.4. The highest BCUT2D eigenvalue weighted by molar-refractivity contribution is 8.00. The van der Waals surface area contributed by atoms with Gasteiger partial charge in [-0.1, -0.05) is 48.4 Å². The number of aryl methyl sites for hydroxylation is 2. The molecule has 0 saturated carbocycles. The lowest BCUT2D eigenvalue weighted by atomic mass is 9.94. The number of unbranched alkanes of at least 4 members (excludes halogenated alkanes) is 1. The number of nitrogens with one attached hydrogen (secondary N) is 3. The SMILES string of the molecule is Cc1cc2c(nc(N3CCNCC3)n2Cc2ccc(F)c(Cl)c2)c(-c2ccc(CCC(=O)CCCC[C@@H]3SC[C@@H]4NC(=O)N[C@@H]43)cc2)c1C. The third-order valence-electron chi connectivity index (χ3n) is 10.3. The number of ketones is 1. The van der Waals surface area contributed by atoms with Crippen LogP contribution in [-0.2, 0) is 17.8 Å². The number of halogens is 2. The van der Waals surface area contributed by atoms with Crippen LogP contribution < -0.4 is 20.9 Å². The Morgan fingerprint density at radius 2 is 1.80 bits per heavy atom. The minimum atomic E-state index is -0.420. The van der Waals surface area contributed by atoms with Crippen molar-refractivity contribution in [2.24, 2.45) is 0 Å². The van der Waals surface area contributed by atoms with Gasteiger partial charge < -0.3 is 25.4 Å². The summed E-state index contributed by atoms with van der Waals surface area (Å²) in [4.78, 5) is 32.0. The number of rotatable bonds is 12. The summed E-state index contributed by atoms with van der Waals surface area (Å²) in [6.07, 6.45) is 4.81. The van der Waals surface area contributed by atoms with Gasteiger partial charge in [0.15, 0.2) is 0 Å².